The van der Waals surface area contributed by atoms with Crippen molar-refractivity contribution in [1.29, 1.82) is 0 Å². The van der Waals surface area contributed by atoms with E-state index in [-0.39, 0.29) is 11.6 Å². The van der Waals surface area contributed by atoms with E-state index in [1.807, 2.05) is 19.9 Å². The molecule has 0 aliphatic rings. The zero-order valence-corrected chi connectivity index (χ0v) is 15.5. The van der Waals surface area contributed by atoms with Gasteiger partial charge in [0, 0.05) is 22.1 Å². The molecule has 1 aromatic rings. The topological polar surface area (TPSA) is 21.3 Å². The lowest BCUT2D eigenvalue weighted by atomic mass is 10.0. The second-order valence-corrected chi connectivity index (χ2v) is 7.40. The first-order valence-electron chi connectivity index (χ1n) is 6.64. The first kappa shape index (κ1) is 17.0. The van der Waals surface area contributed by atoms with Crippen LogP contribution in [0.15, 0.2) is 21.1 Å². The normalized spacial score (nSPS) is 12.0. The highest BCUT2D eigenvalue weighted by Crippen LogP contribution is 2.34. The molecule has 108 valence electrons. The molecule has 0 saturated carbocycles. The summed E-state index contributed by atoms with van der Waals surface area (Å²) in [5.41, 5.74) is 1.29. The number of nitrogens with one attached hydrogen (secondary N) is 1. The van der Waals surface area contributed by atoms with Crippen LogP contribution in [0.25, 0.3) is 0 Å². The van der Waals surface area contributed by atoms with Crippen LogP contribution in [0.1, 0.15) is 46.6 Å². The number of hydrogen-bond donors (Lipinski definition) is 1. The molecule has 0 aliphatic heterocycles. The summed E-state index contributed by atoms with van der Waals surface area (Å²) in [6.45, 7) is 11.5. The second-order valence-electron chi connectivity index (χ2n) is 5.63. The lowest BCUT2D eigenvalue weighted by Crippen LogP contribution is -2.37. The van der Waals surface area contributed by atoms with Crippen molar-refractivity contribution in [2.24, 2.45) is 0 Å². The Balaban J connectivity index is 2.97. The van der Waals surface area contributed by atoms with Crippen LogP contribution in [0.3, 0.4) is 0 Å². The summed E-state index contributed by atoms with van der Waals surface area (Å²) in [4.78, 5) is 0. The van der Waals surface area contributed by atoms with Gasteiger partial charge in [-0.2, -0.15) is 0 Å². The highest BCUT2D eigenvalue weighted by molar-refractivity contribution is 9.11. The fourth-order valence-corrected chi connectivity index (χ4v) is 2.98. The summed E-state index contributed by atoms with van der Waals surface area (Å²) < 4.78 is 7.97. The van der Waals surface area contributed by atoms with Crippen LogP contribution in [0.5, 0.6) is 5.75 Å². The van der Waals surface area contributed by atoms with E-state index in [1.54, 1.807) is 0 Å². The summed E-state index contributed by atoms with van der Waals surface area (Å²) in [6.07, 6.45) is 1.25. The zero-order valence-electron chi connectivity index (χ0n) is 12.3. The third kappa shape index (κ3) is 5.44. The van der Waals surface area contributed by atoms with Crippen molar-refractivity contribution in [3.63, 3.8) is 0 Å². The SMILES string of the molecule is CCC(C)(C)NCc1cc(Br)cc(Br)c1OC(C)C. The molecule has 4 heteroatoms. The van der Waals surface area contributed by atoms with Gasteiger partial charge in [0.15, 0.2) is 0 Å². The smallest absolute Gasteiger partial charge is 0.138 e. The monoisotopic (exact) mass is 391 g/mol. The average Bonchev–Trinajstić information content (AvgIpc) is 2.30. The van der Waals surface area contributed by atoms with Crippen LogP contribution in [0.4, 0.5) is 0 Å². The summed E-state index contributed by atoms with van der Waals surface area (Å²) in [5.74, 6) is 0.928. The third-order valence-corrected chi connectivity index (χ3v) is 4.13. The van der Waals surface area contributed by atoms with Gasteiger partial charge in [-0.15, -0.1) is 0 Å². The molecular formula is C15H23Br2NO. The van der Waals surface area contributed by atoms with E-state index in [0.29, 0.717) is 0 Å². The van der Waals surface area contributed by atoms with Crippen molar-refractivity contribution in [3.05, 3.63) is 26.6 Å². The predicted octanol–water partition coefficient (Wildman–Crippen LogP) is 5.28. The Morgan fingerprint density at radius 3 is 2.42 bits per heavy atom. The minimum atomic E-state index is 0.129. The fourth-order valence-electron chi connectivity index (χ4n) is 1.57. The quantitative estimate of drug-likeness (QED) is 0.711. The first-order valence-corrected chi connectivity index (χ1v) is 8.23. The van der Waals surface area contributed by atoms with Crippen LogP contribution in [0.2, 0.25) is 0 Å². The largest absolute Gasteiger partial charge is 0.489 e. The molecule has 19 heavy (non-hydrogen) atoms. The Morgan fingerprint density at radius 1 is 1.26 bits per heavy atom. The zero-order chi connectivity index (χ0) is 14.6. The highest BCUT2D eigenvalue weighted by atomic mass is 79.9. The summed E-state index contributed by atoms with van der Waals surface area (Å²) >= 11 is 7.12. The lowest BCUT2D eigenvalue weighted by Gasteiger charge is -2.26. The van der Waals surface area contributed by atoms with E-state index in [9.17, 15) is 0 Å². The minimum absolute atomic E-state index is 0.129. The molecule has 1 rings (SSSR count). The molecule has 0 unspecified atom stereocenters. The molecule has 0 heterocycles. The highest BCUT2D eigenvalue weighted by Gasteiger charge is 2.17. The maximum absolute atomic E-state index is 5.92. The third-order valence-electron chi connectivity index (χ3n) is 3.08. The van der Waals surface area contributed by atoms with Gasteiger partial charge in [0.05, 0.1) is 10.6 Å². The van der Waals surface area contributed by atoms with Crippen LogP contribution in [-0.4, -0.2) is 11.6 Å². The second kappa shape index (κ2) is 7.09. The van der Waals surface area contributed by atoms with Crippen molar-refractivity contribution in [2.75, 3.05) is 0 Å². The standard InChI is InChI=1S/C15H23Br2NO/c1-6-15(4,5)18-9-11-7-12(16)8-13(17)14(11)19-10(2)3/h7-8,10,18H,6,9H2,1-5H3. The van der Waals surface area contributed by atoms with Crippen molar-refractivity contribution in [1.82, 2.24) is 5.32 Å². The lowest BCUT2D eigenvalue weighted by molar-refractivity contribution is 0.236. The predicted molar refractivity (Wildman–Crippen MR) is 88.8 cm³/mol. The van der Waals surface area contributed by atoms with E-state index in [1.165, 1.54) is 0 Å². The van der Waals surface area contributed by atoms with Gasteiger partial charge in [-0.3, -0.25) is 0 Å². The molecular weight excluding hydrogens is 370 g/mol. The van der Waals surface area contributed by atoms with Crippen molar-refractivity contribution in [2.45, 2.75) is 59.2 Å². The molecule has 0 spiro atoms. The maximum Gasteiger partial charge on any atom is 0.138 e. The molecule has 0 fully saturated rings. The van der Waals surface area contributed by atoms with Crippen LogP contribution in [0, 0.1) is 0 Å². The summed E-state index contributed by atoms with van der Waals surface area (Å²) in [5, 5.41) is 3.57. The van der Waals surface area contributed by atoms with E-state index >= 15 is 0 Å². The van der Waals surface area contributed by atoms with E-state index < -0.39 is 0 Å². The molecule has 0 radical (unpaired) electrons. The minimum Gasteiger partial charge on any atom is -0.489 e. The number of benzene rings is 1. The van der Waals surface area contributed by atoms with Crippen LogP contribution in [-0.2, 0) is 6.54 Å². The van der Waals surface area contributed by atoms with Crippen LogP contribution < -0.4 is 10.1 Å². The van der Waals surface area contributed by atoms with Gasteiger partial charge in [-0.05, 0) is 62.2 Å². The number of rotatable bonds is 6. The molecule has 1 N–H and O–H groups in total. The number of halogens is 2. The van der Waals surface area contributed by atoms with Gasteiger partial charge in [0.2, 0.25) is 0 Å². The van der Waals surface area contributed by atoms with E-state index in [4.69, 9.17) is 4.74 Å². The molecule has 0 aliphatic carbocycles. The molecule has 0 aromatic heterocycles. The van der Waals surface area contributed by atoms with Crippen molar-refractivity contribution in [3.8, 4) is 5.75 Å². The van der Waals surface area contributed by atoms with E-state index in [2.05, 4.69) is 64.0 Å². The van der Waals surface area contributed by atoms with Crippen LogP contribution >= 0.6 is 31.9 Å². The number of hydrogen-bond acceptors (Lipinski definition) is 2. The molecule has 1 aromatic carbocycles. The van der Waals surface area contributed by atoms with Gasteiger partial charge in [0.25, 0.3) is 0 Å². The maximum atomic E-state index is 5.92. The van der Waals surface area contributed by atoms with Crippen molar-refractivity contribution >= 4 is 31.9 Å². The average molecular weight is 393 g/mol. The van der Waals surface area contributed by atoms with Gasteiger partial charge in [0.1, 0.15) is 5.75 Å². The van der Waals surface area contributed by atoms with Gasteiger partial charge >= 0.3 is 0 Å². The Morgan fingerprint density at radius 2 is 1.89 bits per heavy atom. The Bertz CT molecular complexity index is 430. The Hall–Kier alpha value is -0.0600. The molecule has 2 nitrogen and oxygen atoms in total. The van der Waals surface area contributed by atoms with Gasteiger partial charge in [-0.25, -0.2) is 0 Å². The summed E-state index contributed by atoms with van der Waals surface area (Å²) in [6, 6.07) is 4.13. The molecule has 0 atom stereocenters. The first-order chi connectivity index (χ1) is 8.75. The summed E-state index contributed by atoms with van der Waals surface area (Å²) in [7, 11) is 0. The Labute approximate surface area is 133 Å². The number of ether oxygens (including phenoxy) is 1. The van der Waals surface area contributed by atoms with Crippen molar-refractivity contribution < 1.29 is 4.74 Å². The Kier molecular flexibility index (Phi) is 6.34. The molecule has 0 amide bonds. The fraction of sp³-hybridized carbons (Fsp3) is 0.600. The van der Waals surface area contributed by atoms with Gasteiger partial charge < -0.3 is 10.1 Å². The van der Waals surface area contributed by atoms with E-state index in [0.717, 1.165) is 33.2 Å². The molecule has 0 saturated heterocycles. The van der Waals surface area contributed by atoms with Gasteiger partial charge in [-0.1, -0.05) is 22.9 Å². The molecule has 0 bridgehead atoms.